The Morgan fingerprint density at radius 2 is 0.803 bits per heavy atom. The van der Waals surface area contributed by atoms with Crippen LogP contribution in [0.25, 0.3) is 0 Å². The molecule has 362 valence electrons. The van der Waals surface area contributed by atoms with Gasteiger partial charge in [0.1, 0.15) is 6.10 Å². The lowest BCUT2D eigenvalue weighted by molar-refractivity contribution is -0.150. The first-order valence-corrected chi connectivity index (χ1v) is 25.9. The maximum atomic E-state index is 13.3. The molecular formula is C51H99NO9. The van der Waals surface area contributed by atoms with Crippen LogP contribution in [0.1, 0.15) is 239 Å². The van der Waals surface area contributed by atoms with E-state index in [0.29, 0.717) is 65.5 Å². The summed E-state index contributed by atoms with van der Waals surface area (Å²) >= 11 is 0. The number of ether oxygens (including phenoxy) is 5. The van der Waals surface area contributed by atoms with Crippen LogP contribution in [0.4, 0.5) is 0 Å². The minimum Gasteiger partial charge on any atom is -0.466 e. The third-order valence-electron chi connectivity index (χ3n) is 11.5. The predicted octanol–water partition coefficient (Wildman–Crippen LogP) is 12.6. The van der Waals surface area contributed by atoms with Gasteiger partial charge in [-0.3, -0.25) is 14.4 Å². The lowest BCUT2D eigenvalue weighted by Gasteiger charge is -2.23. The van der Waals surface area contributed by atoms with Crippen molar-refractivity contribution in [2.75, 3.05) is 65.9 Å². The van der Waals surface area contributed by atoms with Gasteiger partial charge >= 0.3 is 11.9 Å². The molecule has 0 aliphatic carbocycles. The fraction of sp³-hybridized carbons (Fsp3) is 0.941. The summed E-state index contributed by atoms with van der Waals surface area (Å²) in [5.74, 6) is 0.0225. The second-order valence-electron chi connectivity index (χ2n) is 17.3. The number of carbonyl (C=O) groups is 3. The van der Waals surface area contributed by atoms with E-state index < -0.39 is 0 Å². The van der Waals surface area contributed by atoms with Crippen molar-refractivity contribution in [1.82, 2.24) is 4.90 Å². The molecule has 1 amide bonds. The van der Waals surface area contributed by atoms with Gasteiger partial charge < -0.3 is 33.7 Å². The zero-order chi connectivity index (χ0) is 44.5. The quantitative estimate of drug-likeness (QED) is 0.0470. The Morgan fingerprint density at radius 3 is 1.30 bits per heavy atom. The Hall–Kier alpha value is -1.75. The average Bonchev–Trinajstić information content (AvgIpc) is 3.25. The van der Waals surface area contributed by atoms with Crippen molar-refractivity contribution in [3.05, 3.63) is 0 Å². The van der Waals surface area contributed by atoms with Crippen LogP contribution in [0.3, 0.4) is 0 Å². The van der Waals surface area contributed by atoms with Crippen LogP contribution >= 0.6 is 0 Å². The summed E-state index contributed by atoms with van der Waals surface area (Å²) in [6, 6.07) is 0. The molecule has 0 bridgehead atoms. The molecule has 61 heavy (non-hydrogen) atoms. The number of esters is 2. The standard InChI is InChI=1S/C51H99NO9/c1-4-7-10-13-16-25-32-41-60-50(55)35-28-21-17-23-30-38-52(49(54)37-42-57-44-46-59-47-45-58-43-40-53)39-31-24-18-22-29-36-51(56)61-48(33-26-19-14-11-8-5-2)34-27-20-15-12-9-6-3/h48,53H,4-47H2,1-3H3. The fourth-order valence-corrected chi connectivity index (χ4v) is 7.62. The SMILES string of the molecule is CCCCCCCCCOC(=O)CCCCCCCN(CCCCCCCC(=O)OC(CCCCCCCC)CCCCCCCC)C(=O)CCOCCOCCOCCO. The van der Waals surface area contributed by atoms with Gasteiger partial charge in [0.15, 0.2) is 0 Å². The van der Waals surface area contributed by atoms with Gasteiger partial charge in [-0.25, -0.2) is 0 Å². The van der Waals surface area contributed by atoms with Crippen LogP contribution in [-0.2, 0) is 38.1 Å². The van der Waals surface area contributed by atoms with Gasteiger partial charge in [0.25, 0.3) is 0 Å². The second kappa shape index (κ2) is 49.3. The first-order valence-electron chi connectivity index (χ1n) is 25.9. The topological polar surface area (TPSA) is 121 Å². The van der Waals surface area contributed by atoms with Crippen LogP contribution in [0.15, 0.2) is 0 Å². The highest BCUT2D eigenvalue weighted by Gasteiger charge is 2.16. The van der Waals surface area contributed by atoms with E-state index in [2.05, 4.69) is 20.8 Å². The summed E-state index contributed by atoms with van der Waals surface area (Å²) in [4.78, 5) is 40.3. The molecular weight excluding hydrogens is 771 g/mol. The van der Waals surface area contributed by atoms with Crippen LogP contribution < -0.4 is 0 Å². The third-order valence-corrected chi connectivity index (χ3v) is 11.5. The van der Waals surface area contributed by atoms with Gasteiger partial charge in [0, 0.05) is 25.9 Å². The molecule has 0 radical (unpaired) electrons. The van der Waals surface area contributed by atoms with Crippen molar-refractivity contribution in [1.29, 1.82) is 0 Å². The van der Waals surface area contributed by atoms with Crippen LogP contribution in [0, 0.1) is 0 Å². The maximum absolute atomic E-state index is 13.3. The predicted molar refractivity (Wildman–Crippen MR) is 251 cm³/mol. The third kappa shape index (κ3) is 44.6. The molecule has 0 rings (SSSR count). The van der Waals surface area contributed by atoms with E-state index in [4.69, 9.17) is 28.8 Å². The molecule has 0 spiro atoms. The summed E-state index contributed by atoms with van der Waals surface area (Å²) < 4.78 is 27.8. The van der Waals surface area contributed by atoms with Gasteiger partial charge in [-0.1, -0.05) is 162 Å². The molecule has 0 aromatic rings. The molecule has 0 saturated carbocycles. The number of hydrogen-bond donors (Lipinski definition) is 1. The summed E-state index contributed by atoms with van der Waals surface area (Å²) in [5, 5.41) is 8.77. The van der Waals surface area contributed by atoms with Gasteiger partial charge in [0.05, 0.1) is 59.3 Å². The van der Waals surface area contributed by atoms with Crippen molar-refractivity contribution in [2.24, 2.45) is 0 Å². The van der Waals surface area contributed by atoms with E-state index in [-0.39, 0.29) is 30.6 Å². The van der Waals surface area contributed by atoms with Crippen LogP contribution in [0.2, 0.25) is 0 Å². The summed E-state index contributed by atoms with van der Waals surface area (Å²) in [5.41, 5.74) is 0. The zero-order valence-electron chi connectivity index (χ0n) is 40.4. The van der Waals surface area contributed by atoms with E-state index in [1.165, 1.54) is 96.3 Å². The highest BCUT2D eigenvalue weighted by molar-refractivity contribution is 5.76. The zero-order valence-corrected chi connectivity index (χ0v) is 40.4. The number of rotatable bonds is 50. The molecule has 10 heteroatoms. The highest BCUT2D eigenvalue weighted by Crippen LogP contribution is 2.19. The number of hydrogen-bond acceptors (Lipinski definition) is 9. The molecule has 0 unspecified atom stereocenters. The second-order valence-corrected chi connectivity index (χ2v) is 17.3. The maximum Gasteiger partial charge on any atom is 0.306 e. The van der Waals surface area contributed by atoms with Gasteiger partial charge in [-0.15, -0.1) is 0 Å². The monoisotopic (exact) mass is 870 g/mol. The molecule has 0 aromatic carbocycles. The van der Waals surface area contributed by atoms with Crippen LogP contribution in [0.5, 0.6) is 0 Å². The Balaban J connectivity index is 4.54. The molecule has 0 fully saturated rings. The van der Waals surface area contributed by atoms with E-state index in [1.807, 2.05) is 4.90 Å². The lowest BCUT2D eigenvalue weighted by atomic mass is 10.0. The number of aliphatic hydroxyl groups excluding tert-OH is 1. The smallest absolute Gasteiger partial charge is 0.306 e. The van der Waals surface area contributed by atoms with Crippen molar-refractivity contribution >= 4 is 17.8 Å². The molecule has 0 heterocycles. The Bertz CT molecular complexity index is 920. The van der Waals surface area contributed by atoms with E-state index >= 15 is 0 Å². The molecule has 10 nitrogen and oxygen atoms in total. The van der Waals surface area contributed by atoms with Crippen molar-refractivity contribution in [3.8, 4) is 0 Å². The number of nitrogens with zero attached hydrogens (tertiary/aromatic N) is 1. The lowest BCUT2D eigenvalue weighted by Crippen LogP contribution is -2.33. The fourth-order valence-electron chi connectivity index (χ4n) is 7.62. The highest BCUT2D eigenvalue weighted by atomic mass is 16.6. The van der Waals surface area contributed by atoms with Crippen LogP contribution in [-0.4, -0.2) is 99.9 Å². The van der Waals surface area contributed by atoms with E-state index in [0.717, 1.165) is 116 Å². The normalized spacial score (nSPS) is 11.4. The number of unbranched alkanes of at least 4 members (excludes halogenated alkanes) is 24. The summed E-state index contributed by atoms with van der Waals surface area (Å²) in [7, 11) is 0. The Morgan fingerprint density at radius 1 is 0.410 bits per heavy atom. The minimum atomic E-state index is -0.0743. The molecule has 0 aliphatic heterocycles. The molecule has 0 saturated heterocycles. The van der Waals surface area contributed by atoms with E-state index in [1.54, 1.807) is 0 Å². The Kier molecular flexibility index (Phi) is 47.9. The summed E-state index contributed by atoms with van der Waals surface area (Å²) in [6.45, 7) is 11.2. The molecule has 0 aromatic heterocycles. The van der Waals surface area contributed by atoms with Crippen molar-refractivity contribution < 1.29 is 43.2 Å². The van der Waals surface area contributed by atoms with Gasteiger partial charge in [-0.05, 0) is 57.8 Å². The number of aliphatic hydroxyl groups is 1. The number of carbonyl (C=O) groups excluding carboxylic acids is 3. The van der Waals surface area contributed by atoms with E-state index in [9.17, 15) is 14.4 Å². The van der Waals surface area contributed by atoms with Gasteiger partial charge in [0.2, 0.25) is 5.91 Å². The first kappa shape index (κ1) is 59.2. The average molecular weight is 870 g/mol. The minimum absolute atomic E-state index is 0.00288. The van der Waals surface area contributed by atoms with Crippen molar-refractivity contribution in [3.63, 3.8) is 0 Å². The molecule has 0 aliphatic rings. The number of amides is 1. The summed E-state index contributed by atoms with van der Waals surface area (Å²) in [6.07, 6.45) is 36.8. The Labute approximate surface area is 376 Å². The molecule has 1 N–H and O–H groups in total. The van der Waals surface area contributed by atoms with Crippen molar-refractivity contribution in [2.45, 2.75) is 245 Å². The molecule has 0 atom stereocenters. The van der Waals surface area contributed by atoms with Gasteiger partial charge in [-0.2, -0.15) is 0 Å². The first-order chi connectivity index (χ1) is 30.0. The largest absolute Gasteiger partial charge is 0.466 e.